The highest BCUT2D eigenvalue weighted by Gasteiger charge is 2.41. The molecule has 1 unspecified atom stereocenters. The zero-order valence-electron chi connectivity index (χ0n) is 20.0. The predicted octanol–water partition coefficient (Wildman–Crippen LogP) is 2.42. The Morgan fingerprint density at radius 1 is 1.03 bits per heavy atom. The number of nitrogens with one attached hydrogen (secondary N) is 1. The number of hydrogen-bond acceptors (Lipinski definition) is 6. The summed E-state index contributed by atoms with van der Waals surface area (Å²) in [6, 6.07) is 5.52. The van der Waals surface area contributed by atoms with Gasteiger partial charge in [0, 0.05) is 43.6 Å². The van der Waals surface area contributed by atoms with Crippen LogP contribution in [0.5, 0.6) is 5.75 Å². The van der Waals surface area contributed by atoms with Gasteiger partial charge < -0.3 is 14.4 Å². The number of fused-ring (bicyclic) bond motifs is 1. The van der Waals surface area contributed by atoms with E-state index in [4.69, 9.17) is 9.47 Å². The molecule has 8 nitrogen and oxygen atoms in total. The van der Waals surface area contributed by atoms with Gasteiger partial charge in [0.15, 0.2) is 0 Å². The average Bonchev–Trinajstić information content (AvgIpc) is 3.15. The molecule has 35 heavy (non-hydrogen) atoms. The minimum Gasteiger partial charge on any atom is -0.489 e. The van der Waals surface area contributed by atoms with Crippen molar-refractivity contribution in [3.63, 3.8) is 0 Å². The molecule has 1 N–H and O–H groups in total. The van der Waals surface area contributed by atoms with Crippen molar-refractivity contribution < 1.29 is 23.9 Å². The lowest BCUT2D eigenvalue weighted by Gasteiger charge is -2.49. The van der Waals surface area contributed by atoms with Gasteiger partial charge in [-0.05, 0) is 55.9 Å². The quantitative estimate of drug-likeness (QED) is 0.516. The first-order chi connectivity index (χ1) is 17.1. The molecule has 3 fully saturated rings. The van der Waals surface area contributed by atoms with Crippen molar-refractivity contribution in [2.75, 3.05) is 26.3 Å². The summed E-state index contributed by atoms with van der Waals surface area (Å²) in [5.41, 5.74) is 3.07. The first kappa shape index (κ1) is 22.7. The summed E-state index contributed by atoms with van der Waals surface area (Å²) >= 11 is 0. The minimum absolute atomic E-state index is 0.148. The Morgan fingerprint density at radius 3 is 2.69 bits per heavy atom. The van der Waals surface area contributed by atoms with E-state index in [1.807, 2.05) is 18.2 Å². The lowest BCUT2D eigenvalue weighted by molar-refractivity contribution is -0.136. The first-order valence-corrected chi connectivity index (χ1v) is 13.0. The van der Waals surface area contributed by atoms with E-state index in [0.717, 1.165) is 56.9 Å². The number of carbonyl (C=O) groups is 3. The van der Waals surface area contributed by atoms with Crippen LogP contribution < -0.4 is 10.1 Å². The highest BCUT2D eigenvalue weighted by atomic mass is 16.5. The zero-order chi connectivity index (χ0) is 23.9. The second-order valence-corrected chi connectivity index (χ2v) is 10.5. The van der Waals surface area contributed by atoms with E-state index in [2.05, 4.69) is 16.3 Å². The molecule has 0 radical (unpaired) electrons. The third kappa shape index (κ3) is 4.38. The molecule has 8 heteroatoms. The fourth-order valence-electron chi connectivity index (χ4n) is 6.36. The summed E-state index contributed by atoms with van der Waals surface area (Å²) in [4.78, 5) is 41.0. The Labute approximate surface area is 205 Å². The van der Waals surface area contributed by atoms with Crippen LogP contribution in [0.15, 0.2) is 29.8 Å². The van der Waals surface area contributed by atoms with Gasteiger partial charge in [-0.2, -0.15) is 0 Å². The van der Waals surface area contributed by atoms with Crippen molar-refractivity contribution in [1.82, 2.24) is 15.1 Å². The molecule has 1 aromatic rings. The monoisotopic (exact) mass is 479 g/mol. The average molecular weight is 480 g/mol. The number of hydrogen-bond donors (Lipinski definition) is 1. The van der Waals surface area contributed by atoms with Gasteiger partial charge in [0.1, 0.15) is 17.9 Å². The summed E-state index contributed by atoms with van der Waals surface area (Å²) in [7, 11) is 0. The van der Waals surface area contributed by atoms with Gasteiger partial charge in [-0.25, -0.2) is 0 Å². The van der Waals surface area contributed by atoms with Crippen molar-refractivity contribution in [2.45, 2.75) is 69.7 Å². The normalized spacial score (nSPS) is 29.9. The second kappa shape index (κ2) is 9.39. The van der Waals surface area contributed by atoms with Crippen molar-refractivity contribution in [3.05, 3.63) is 41.0 Å². The number of likely N-dealkylation sites (tertiary alicyclic amines) is 1. The summed E-state index contributed by atoms with van der Waals surface area (Å²) in [6.07, 6.45) is 8.73. The summed E-state index contributed by atoms with van der Waals surface area (Å²) in [5, 5.41) is 2.36. The molecule has 0 spiro atoms. The lowest BCUT2D eigenvalue weighted by atomic mass is 9.83. The molecule has 0 bridgehead atoms. The SMILES string of the molecule is O=C1CCC(N2Cc3cc(O[C@@H]4CCCC[C@@H]4N4CC(C5=CCOCC5)C4)ccc3C2=O)C(=O)N1. The molecule has 3 amide bonds. The molecular formula is C27H33N3O5. The molecule has 2 saturated heterocycles. The van der Waals surface area contributed by atoms with Crippen LogP contribution in [0.25, 0.3) is 0 Å². The van der Waals surface area contributed by atoms with Gasteiger partial charge >= 0.3 is 0 Å². The Hall–Kier alpha value is -2.71. The van der Waals surface area contributed by atoms with Gasteiger partial charge in [-0.3, -0.25) is 24.6 Å². The lowest BCUT2D eigenvalue weighted by Crippen LogP contribution is -2.58. The Balaban J connectivity index is 1.11. The molecular weight excluding hydrogens is 446 g/mol. The molecule has 1 aliphatic carbocycles. The van der Waals surface area contributed by atoms with Crippen molar-refractivity contribution in [2.24, 2.45) is 5.92 Å². The van der Waals surface area contributed by atoms with Gasteiger partial charge in [0.2, 0.25) is 11.8 Å². The predicted molar refractivity (Wildman–Crippen MR) is 128 cm³/mol. The summed E-state index contributed by atoms with van der Waals surface area (Å²) in [6.45, 7) is 4.19. The molecule has 186 valence electrons. The largest absolute Gasteiger partial charge is 0.489 e. The third-order valence-electron chi connectivity index (χ3n) is 8.35. The second-order valence-electron chi connectivity index (χ2n) is 10.5. The maximum absolute atomic E-state index is 13.0. The molecule has 4 aliphatic heterocycles. The van der Waals surface area contributed by atoms with Crippen LogP contribution in [0.2, 0.25) is 0 Å². The number of ether oxygens (including phenoxy) is 2. The van der Waals surface area contributed by atoms with Crippen molar-refractivity contribution in [1.29, 1.82) is 0 Å². The molecule has 5 aliphatic rings. The number of piperidine rings is 1. The topological polar surface area (TPSA) is 88.2 Å². The van der Waals surface area contributed by atoms with Crippen LogP contribution in [-0.4, -0.2) is 72.0 Å². The highest BCUT2D eigenvalue weighted by molar-refractivity contribution is 6.05. The number of carbonyl (C=O) groups excluding carboxylic acids is 3. The number of benzene rings is 1. The first-order valence-electron chi connectivity index (χ1n) is 13.0. The molecule has 3 atom stereocenters. The highest BCUT2D eigenvalue weighted by Crippen LogP contribution is 2.36. The molecule has 6 rings (SSSR count). The molecule has 1 saturated carbocycles. The fourth-order valence-corrected chi connectivity index (χ4v) is 6.36. The van der Waals surface area contributed by atoms with Gasteiger partial charge in [-0.1, -0.05) is 18.1 Å². The van der Waals surface area contributed by atoms with E-state index < -0.39 is 6.04 Å². The zero-order valence-corrected chi connectivity index (χ0v) is 20.0. The number of imide groups is 1. The molecule has 4 heterocycles. The van der Waals surface area contributed by atoms with Crippen LogP contribution in [0.3, 0.4) is 0 Å². The molecule has 0 aromatic heterocycles. The maximum atomic E-state index is 13.0. The van der Waals surface area contributed by atoms with Crippen LogP contribution in [0.1, 0.15) is 60.9 Å². The molecule has 1 aromatic carbocycles. The van der Waals surface area contributed by atoms with Crippen LogP contribution in [-0.2, 0) is 20.9 Å². The Morgan fingerprint density at radius 2 is 1.89 bits per heavy atom. The number of amides is 3. The van der Waals surface area contributed by atoms with Gasteiger partial charge in [0.25, 0.3) is 5.91 Å². The maximum Gasteiger partial charge on any atom is 0.255 e. The van der Waals surface area contributed by atoms with Crippen molar-refractivity contribution >= 4 is 17.7 Å². The van der Waals surface area contributed by atoms with Crippen LogP contribution in [0.4, 0.5) is 0 Å². The number of rotatable bonds is 5. The van der Waals surface area contributed by atoms with Gasteiger partial charge in [-0.15, -0.1) is 0 Å². The summed E-state index contributed by atoms with van der Waals surface area (Å²) < 4.78 is 12.0. The van der Waals surface area contributed by atoms with E-state index in [0.29, 0.717) is 30.5 Å². The van der Waals surface area contributed by atoms with Crippen LogP contribution in [0, 0.1) is 5.92 Å². The smallest absolute Gasteiger partial charge is 0.255 e. The van der Waals surface area contributed by atoms with Crippen molar-refractivity contribution in [3.8, 4) is 5.75 Å². The van der Waals surface area contributed by atoms with E-state index in [9.17, 15) is 14.4 Å². The number of nitrogens with zero attached hydrogens (tertiary/aromatic N) is 2. The standard InChI is InChI=1S/C27H33N3O5/c31-25-8-7-23(26(32)28-25)30-16-18-13-20(5-6-21(18)27(30)33)35-24-4-2-1-3-22(24)29-14-19(15-29)17-9-11-34-12-10-17/h5-6,9,13,19,22-24H,1-4,7-8,10-12,14-16H2,(H,28,31,32)/t22-,23?,24+/m0/s1. The third-order valence-corrected chi connectivity index (χ3v) is 8.35. The van der Waals surface area contributed by atoms with E-state index >= 15 is 0 Å². The van der Waals surface area contributed by atoms with E-state index in [1.165, 1.54) is 12.8 Å². The summed E-state index contributed by atoms with van der Waals surface area (Å²) in [5.74, 6) is 0.651. The Bertz CT molecular complexity index is 1060. The fraction of sp³-hybridized carbons (Fsp3) is 0.593. The Kier molecular flexibility index (Phi) is 6.10. The van der Waals surface area contributed by atoms with E-state index in [1.54, 1.807) is 10.5 Å². The van der Waals surface area contributed by atoms with E-state index in [-0.39, 0.29) is 30.2 Å². The minimum atomic E-state index is -0.593. The van der Waals surface area contributed by atoms with Gasteiger partial charge in [0.05, 0.1) is 13.2 Å². The van der Waals surface area contributed by atoms with Crippen LogP contribution >= 0.6 is 0 Å².